The first kappa shape index (κ1) is 18.0. The molecule has 1 aliphatic rings. The van der Waals surface area contributed by atoms with Gasteiger partial charge in [0.2, 0.25) is 0 Å². The zero-order chi connectivity index (χ0) is 19.5. The molecule has 0 saturated carbocycles. The molecule has 1 aromatic heterocycles. The summed E-state index contributed by atoms with van der Waals surface area (Å²) in [6, 6.07) is 17.9. The summed E-state index contributed by atoms with van der Waals surface area (Å²) >= 11 is 0. The summed E-state index contributed by atoms with van der Waals surface area (Å²) in [6.45, 7) is 2.52. The largest absolute Gasteiger partial charge is 0.496 e. The number of carbonyl (C=O) groups excluding carboxylic acids is 1. The van der Waals surface area contributed by atoms with E-state index < -0.39 is 0 Å². The monoisotopic (exact) mass is 374 g/mol. The van der Waals surface area contributed by atoms with E-state index in [1.165, 1.54) is 11.9 Å². The van der Waals surface area contributed by atoms with Crippen LogP contribution in [0.1, 0.15) is 28.5 Å². The maximum absolute atomic E-state index is 12.7. The number of rotatable bonds is 5. The van der Waals surface area contributed by atoms with Crippen LogP contribution >= 0.6 is 0 Å². The Kier molecular flexibility index (Phi) is 4.93. The number of nitrogens with zero attached hydrogens (tertiary/aromatic N) is 3. The summed E-state index contributed by atoms with van der Waals surface area (Å²) in [4.78, 5) is 23.4. The third-order valence-electron chi connectivity index (χ3n) is 4.97. The molecule has 3 aromatic rings. The van der Waals surface area contributed by atoms with Gasteiger partial charge in [0.1, 0.15) is 23.6 Å². The van der Waals surface area contributed by atoms with Gasteiger partial charge in [0.25, 0.3) is 5.91 Å². The normalized spacial score (nSPS) is 15.2. The topological polar surface area (TPSA) is 67.3 Å². The van der Waals surface area contributed by atoms with Crippen molar-refractivity contribution >= 4 is 17.4 Å². The number of carbonyl (C=O) groups is 1. The number of amides is 1. The van der Waals surface area contributed by atoms with Gasteiger partial charge in [-0.1, -0.05) is 36.4 Å². The molecule has 0 bridgehead atoms. The molecule has 2 heterocycles. The minimum Gasteiger partial charge on any atom is -0.496 e. The SMILES string of the molecule is COc1ccccc1CNC(=O)c1cc(N2c3ccccc3CC2C)ncn1. The fourth-order valence-corrected chi connectivity index (χ4v) is 3.63. The molecule has 2 aromatic carbocycles. The van der Waals surface area contributed by atoms with Crippen LogP contribution in [0.25, 0.3) is 0 Å². The van der Waals surface area contributed by atoms with E-state index in [9.17, 15) is 4.79 Å². The molecule has 6 heteroatoms. The maximum Gasteiger partial charge on any atom is 0.270 e. The number of fused-ring (bicyclic) bond motifs is 1. The minimum atomic E-state index is -0.241. The predicted octanol–water partition coefficient (Wildman–Crippen LogP) is 3.50. The first-order chi connectivity index (χ1) is 13.7. The highest BCUT2D eigenvalue weighted by atomic mass is 16.5. The van der Waals surface area contributed by atoms with Crippen molar-refractivity contribution in [2.24, 2.45) is 0 Å². The highest BCUT2D eigenvalue weighted by Gasteiger charge is 2.28. The average molecular weight is 374 g/mol. The molecular formula is C22H22N4O2. The van der Waals surface area contributed by atoms with E-state index in [0.29, 0.717) is 12.2 Å². The Bertz CT molecular complexity index is 1010. The fraction of sp³-hybridized carbons (Fsp3) is 0.227. The van der Waals surface area contributed by atoms with E-state index in [2.05, 4.69) is 39.2 Å². The molecule has 1 amide bonds. The number of methoxy groups -OCH3 is 1. The van der Waals surface area contributed by atoms with Crippen LogP contribution in [-0.4, -0.2) is 29.0 Å². The second kappa shape index (κ2) is 7.68. The number of anilines is 2. The lowest BCUT2D eigenvalue weighted by Gasteiger charge is -2.23. The molecule has 1 atom stereocenters. The maximum atomic E-state index is 12.7. The number of para-hydroxylation sites is 2. The van der Waals surface area contributed by atoms with E-state index in [4.69, 9.17) is 4.74 Å². The molecule has 1 aliphatic heterocycles. The number of benzene rings is 2. The Morgan fingerprint density at radius 3 is 2.82 bits per heavy atom. The van der Waals surface area contributed by atoms with Gasteiger partial charge in [-0.15, -0.1) is 0 Å². The van der Waals surface area contributed by atoms with Crippen LogP contribution in [0.5, 0.6) is 5.75 Å². The standard InChI is InChI=1S/C22H22N4O2/c1-15-11-16-7-3-5-9-19(16)26(15)21-12-18(24-14-25-21)22(27)23-13-17-8-4-6-10-20(17)28-2/h3-10,12,14-15H,11,13H2,1-2H3,(H,23,27). The second-order valence-corrected chi connectivity index (χ2v) is 6.81. The number of aromatic nitrogens is 2. The Morgan fingerprint density at radius 2 is 1.96 bits per heavy atom. The average Bonchev–Trinajstić information content (AvgIpc) is 3.08. The van der Waals surface area contributed by atoms with Crippen LogP contribution in [0, 0.1) is 0 Å². The molecule has 0 saturated heterocycles. The van der Waals surface area contributed by atoms with E-state index >= 15 is 0 Å². The summed E-state index contributed by atoms with van der Waals surface area (Å²) in [6.07, 6.45) is 2.40. The van der Waals surface area contributed by atoms with Crippen molar-refractivity contribution in [3.63, 3.8) is 0 Å². The van der Waals surface area contributed by atoms with Gasteiger partial charge >= 0.3 is 0 Å². The Hall–Kier alpha value is -3.41. The van der Waals surface area contributed by atoms with Gasteiger partial charge in [-0.2, -0.15) is 0 Å². The minimum absolute atomic E-state index is 0.241. The third-order valence-corrected chi connectivity index (χ3v) is 4.97. The zero-order valence-corrected chi connectivity index (χ0v) is 15.9. The lowest BCUT2D eigenvalue weighted by molar-refractivity contribution is 0.0945. The second-order valence-electron chi connectivity index (χ2n) is 6.81. The smallest absolute Gasteiger partial charge is 0.270 e. The molecule has 0 aliphatic carbocycles. The summed E-state index contributed by atoms with van der Waals surface area (Å²) in [5.41, 5.74) is 3.68. The van der Waals surface area contributed by atoms with E-state index in [1.807, 2.05) is 36.4 Å². The van der Waals surface area contributed by atoms with Crippen LogP contribution in [0.15, 0.2) is 60.9 Å². The first-order valence-corrected chi connectivity index (χ1v) is 9.26. The van der Waals surface area contributed by atoms with Crippen LogP contribution < -0.4 is 15.0 Å². The van der Waals surface area contributed by atoms with Gasteiger partial charge in [-0.25, -0.2) is 9.97 Å². The molecule has 28 heavy (non-hydrogen) atoms. The van der Waals surface area contributed by atoms with Crippen LogP contribution in [-0.2, 0) is 13.0 Å². The molecule has 142 valence electrons. The van der Waals surface area contributed by atoms with Gasteiger partial charge in [0.15, 0.2) is 0 Å². The molecule has 0 radical (unpaired) electrons. The van der Waals surface area contributed by atoms with Crippen molar-refractivity contribution in [3.05, 3.63) is 77.7 Å². The predicted molar refractivity (Wildman–Crippen MR) is 108 cm³/mol. The highest BCUT2D eigenvalue weighted by Crippen LogP contribution is 2.37. The highest BCUT2D eigenvalue weighted by molar-refractivity contribution is 5.93. The van der Waals surface area contributed by atoms with Gasteiger partial charge in [-0.05, 0) is 31.0 Å². The Balaban J connectivity index is 1.53. The van der Waals surface area contributed by atoms with E-state index in [0.717, 1.165) is 29.2 Å². The molecule has 1 N–H and O–H groups in total. The van der Waals surface area contributed by atoms with Crippen LogP contribution in [0.4, 0.5) is 11.5 Å². The Labute approximate surface area is 164 Å². The van der Waals surface area contributed by atoms with Gasteiger partial charge in [0.05, 0.1) is 7.11 Å². The van der Waals surface area contributed by atoms with Crippen molar-refractivity contribution in [2.75, 3.05) is 12.0 Å². The van der Waals surface area contributed by atoms with E-state index in [-0.39, 0.29) is 11.9 Å². The van der Waals surface area contributed by atoms with Crippen molar-refractivity contribution in [1.82, 2.24) is 15.3 Å². The number of hydrogen-bond acceptors (Lipinski definition) is 5. The van der Waals surface area contributed by atoms with Gasteiger partial charge < -0.3 is 15.0 Å². The van der Waals surface area contributed by atoms with Crippen molar-refractivity contribution in [3.8, 4) is 5.75 Å². The summed E-state index contributed by atoms with van der Waals surface area (Å²) < 4.78 is 5.33. The first-order valence-electron chi connectivity index (χ1n) is 9.26. The van der Waals surface area contributed by atoms with E-state index in [1.54, 1.807) is 13.2 Å². The van der Waals surface area contributed by atoms with Crippen LogP contribution in [0.3, 0.4) is 0 Å². The summed E-state index contributed by atoms with van der Waals surface area (Å²) in [5.74, 6) is 1.23. The quantitative estimate of drug-likeness (QED) is 0.740. The molecule has 4 rings (SSSR count). The zero-order valence-electron chi connectivity index (χ0n) is 15.9. The summed E-state index contributed by atoms with van der Waals surface area (Å²) in [7, 11) is 1.62. The van der Waals surface area contributed by atoms with Crippen molar-refractivity contribution < 1.29 is 9.53 Å². The number of hydrogen-bond donors (Lipinski definition) is 1. The lowest BCUT2D eigenvalue weighted by Crippen LogP contribution is -2.27. The molecule has 0 fully saturated rings. The number of ether oxygens (including phenoxy) is 1. The molecule has 1 unspecified atom stereocenters. The summed E-state index contributed by atoms with van der Waals surface area (Å²) in [5, 5.41) is 2.91. The van der Waals surface area contributed by atoms with Gasteiger partial charge in [0, 0.05) is 29.9 Å². The van der Waals surface area contributed by atoms with Crippen LogP contribution in [0.2, 0.25) is 0 Å². The molecule has 6 nitrogen and oxygen atoms in total. The third kappa shape index (κ3) is 3.41. The van der Waals surface area contributed by atoms with Crippen molar-refractivity contribution in [2.45, 2.75) is 25.9 Å². The Morgan fingerprint density at radius 1 is 1.18 bits per heavy atom. The fourth-order valence-electron chi connectivity index (χ4n) is 3.63. The number of nitrogens with one attached hydrogen (secondary N) is 1. The molecule has 0 spiro atoms. The molecular weight excluding hydrogens is 352 g/mol. The van der Waals surface area contributed by atoms with Crippen molar-refractivity contribution in [1.29, 1.82) is 0 Å². The van der Waals surface area contributed by atoms with Gasteiger partial charge in [-0.3, -0.25) is 4.79 Å². The lowest BCUT2D eigenvalue weighted by atomic mass is 10.1.